The molecule has 1 aliphatic heterocycles. The number of nitrogens with one attached hydrogen (secondary N) is 1. The minimum absolute atomic E-state index is 0.302. The van der Waals surface area contributed by atoms with Gasteiger partial charge in [-0.2, -0.15) is 0 Å². The zero-order valence-electron chi connectivity index (χ0n) is 12.4. The summed E-state index contributed by atoms with van der Waals surface area (Å²) in [4.78, 5) is 0. The topological polar surface area (TPSA) is 21.3 Å². The molecule has 0 spiro atoms. The van der Waals surface area contributed by atoms with Crippen molar-refractivity contribution in [1.29, 1.82) is 0 Å². The van der Waals surface area contributed by atoms with Crippen molar-refractivity contribution in [1.82, 2.24) is 0 Å². The molecule has 0 fully saturated rings. The van der Waals surface area contributed by atoms with Crippen molar-refractivity contribution in [3.8, 4) is 5.75 Å². The third-order valence-corrected chi connectivity index (χ3v) is 4.67. The number of hydrogen-bond donors (Lipinski definition) is 1. The second-order valence-electron chi connectivity index (χ2n) is 5.62. The first-order valence-electron chi connectivity index (χ1n) is 7.40. The van der Waals surface area contributed by atoms with E-state index in [2.05, 4.69) is 71.5 Å². The van der Waals surface area contributed by atoms with E-state index < -0.39 is 0 Å². The van der Waals surface area contributed by atoms with E-state index in [1.54, 1.807) is 0 Å². The number of rotatable bonds is 2. The van der Waals surface area contributed by atoms with Gasteiger partial charge in [-0.1, -0.05) is 34.1 Å². The Morgan fingerprint density at radius 1 is 1.19 bits per heavy atom. The van der Waals surface area contributed by atoms with E-state index in [-0.39, 0.29) is 0 Å². The van der Waals surface area contributed by atoms with Crippen LogP contribution in [-0.2, 0) is 0 Å². The van der Waals surface area contributed by atoms with Crippen molar-refractivity contribution in [2.24, 2.45) is 0 Å². The predicted molar refractivity (Wildman–Crippen MR) is 91.2 cm³/mol. The summed E-state index contributed by atoms with van der Waals surface area (Å²) in [6.07, 6.45) is 2.15. The van der Waals surface area contributed by atoms with Gasteiger partial charge in [-0.15, -0.1) is 0 Å². The molecule has 21 heavy (non-hydrogen) atoms. The number of benzene rings is 2. The van der Waals surface area contributed by atoms with Crippen LogP contribution in [0, 0.1) is 13.8 Å². The molecule has 2 aromatic rings. The van der Waals surface area contributed by atoms with Crippen LogP contribution in [0.2, 0.25) is 0 Å². The fraction of sp³-hybridized carbons (Fsp3) is 0.333. The van der Waals surface area contributed by atoms with Crippen LogP contribution in [-0.4, -0.2) is 6.61 Å². The van der Waals surface area contributed by atoms with E-state index in [0.717, 1.165) is 29.7 Å². The van der Waals surface area contributed by atoms with Gasteiger partial charge in [0.15, 0.2) is 0 Å². The molecule has 110 valence electrons. The fourth-order valence-electron chi connectivity index (χ4n) is 2.79. The number of ether oxygens (including phenoxy) is 1. The summed E-state index contributed by atoms with van der Waals surface area (Å²) in [5, 5.41) is 3.71. The lowest BCUT2D eigenvalue weighted by atomic mass is 10.0. The van der Waals surface area contributed by atoms with Gasteiger partial charge in [0.1, 0.15) is 5.75 Å². The predicted octanol–water partition coefficient (Wildman–Crippen LogP) is 5.39. The van der Waals surface area contributed by atoms with E-state index in [1.165, 1.54) is 22.4 Å². The third kappa shape index (κ3) is 3.08. The third-order valence-electron chi connectivity index (χ3n) is 4.18. The van der Waals surface area contributed by atoms with Crippen LogP contribution >= 0.6 is 15.9 Å². The zero-order valence-corrected chi connectivity index (χ0v) is 14.0. The molecule has 1 N–H and O–H groups in total. The highest BCUT2D eigenvalue weighted by Gasteiger charge is 2.20. The Bertz CT molecular complexity index is 654. The number of hydrogen-bond acceptors (Lipinski definition) is 2. The Morgan fingerprint density at radius 2 is 2.05 bits per heavy atom. The highest BCUT2D eigenvalue weighted by atomic mass is 79.9. The van der Waals surface area contributed by atoms with Gasteiger partial charge >= 0.3 is 0 Å². The summed E-state index contributed by atoms with van der Waals surface area (Å²) in [5.41, 5.74) is 5.11. The molecule has 1 unspecified atom stereocenters. The van der Waals surface area contributed by atoms with E-state index >= 15 is 0 Å². The molecule has 1 atom stereocenters. The Kier molecular flexibility index (Phi) is 4.20. The monoisotopic (exact) mass is 345 g/mol. The number of anilines is 1. The molecule has 1 aliphatic rings. The van der Waals surface area contributed by atoms with E-state index in [4.69, 9.17) is 4.74 Å². The van der Waals surface area contributed by atoms with Gasteiger partial charge in [-0.3, -0.25) is 0 Å². The van der Waals surface area contributed by atoms with E-state index in [9.17, 15) is 0 Å². The number of aryl methyl sites for hydroxylation is 1. The molecule has 0 amide bonds. The molecular formula is C18H20BrNO. The summed E-state index contributed by atoms with van der Waals surface area (Å²) in [6.45, 7) is 5.11. The van der Waals surface area contributed by atoms with Crippen LogP contribution in [0.4, 0.5) is 5.69 Å². The van der Waals surface area contributed by atoms with Gasteiger partial charge in [0, 0.05) is 15.7 Å². The minimum Gasteiger partial charge on any atom is -0.493 e. The molecule has 0 bridgehead atoms. The lowest BCUT2D eigenvalue weighted by Gasteiger charge is -2.21. The number of fused-ring (bicyclic) bond motifs is 1. The first kappa shape index (κ1) is 14.5. The minimum atomic E-state index is 0.302. The Morgan fingerprint density at radius 3 is 2.90 bits per heavy atom. The van der Waals surface area contributed by atoms with Crippen molar-refractivity contribution in [2.45, 2.75) is 32.7 Å². The lowest BCUT2D eigenvalue weighted by molar-refractivity contribution is 0.316. The first-order valence-corrected chi connectivity index (χ1v) is 8.19. The van der Waals surface area contributed by atoms with Gasteiger partial charge in [0.25, 0.3) is 0 Å². The molecule has 2 aromatic carbocycles. The Labute approximate surface area is 134 Å². The number of halogens is 1. The van der Waals surface area contributed by atoms with Crippen LogP contribution in [0.15, 0.2) is 40.9 Å². The molecule has 3 rings (SSSR count). The summed E-state index contributed by atoms with van der Waals surface area (Å²) < 4.78 is 6.94. The maximum atomic E-state index is 5.88. The van der Waals surface area contributed by atoms with Crippen LogP contribution in [0.1, 0.15) is 35.6 Å². The first-order chi connectivity index (χ1) is 10.1. The van der Waals surface area contributed by atoms with E-state index in [1.807, 2.05) is 0 Å². The summed E-state index contributed by atoms with van der Waals surface area (Å²) in [7, 11) is 0. The van der Waals surface area contributed by atoms with Crippen molar-refractivity contribution in [3.63, 3.8) is 0 Å². The zero-order chi connectivity index (χ0) is 14.8. The van der Waals surface area contributed by atoms with Crippen molar-refractivity contribution >= 4 is 21.6 Å². The quantitative estimate of drug-likeness (QED) is 0.787. The molecular weight excluding hydrogens is 326 g/mol. The van der Waals surface area contributed by atoms with Gasteiger partial charge in [0.2, 0.25) is 0 Å². The normalized spacial score (nSPS) is 17.6. The maximum Gasteiger partial charge on any atom is 0.125 e. The van der Waals surface area contributed by atoms with E-state index in [0.29, 0.717) is 6.04 Å². The van der Waals surface area contributed by atoms with Crippen LogP contribution in [0.3, 0.4) is 0 Å². The molecule has 0 aromatic heterocycles. The second-order valence-corrected chi connectivity index (χ2v) is 6.53. The molecule has 0 saturated carbocycles. The Balaban J connectivity index is 1.94. The smallest absolute Gasteiger partial charge is 0.125 e. The SMILES string of the molecule is Cc1cccc(NC2CCCOc3cc(Br)ccc32)c1C. The maximum absolute atomic E-state index is 5.88. The second kappa shape index (κ2) is 6.10. The molecule has 0 saturated heterocycles. The molecule has 2 nitrogen and oxygen atoms in total. The standard InChI is InChI=1S/C18H20BrNO/c1-12-5-3-6-16(13(12)2)20-17-7-4-10-21-18-11-14(19)8-9-15(17)18/h3,5-6,8-9,11,17,20H,4,7,10H2,1-2H3. The van der Waals surface area contributed by atoms with Crippen LogP contribution in [0.25, 0.3) is 0 Å². The largest absolute Gasteiger partial charge is 0.493 e. The highest BCUT2D eigenvalue weighted by molar-refractivity contribution is 9.10. The van der Waals surface area contributed by atoms with Gasteiger partial charge in [-0.05, 0) is 56.0 Å². The molecule has 3 heteroatoms. The van der Waals surface area contributed by atoms with Crippen LogP contribution in [0.5, 0.6) is 5.75 Å². The molecule has 1 heterocycles. The fourth-order valence-corrected chi connectivity index (χ4v) is 3.13. The van der Waals surface area contributed by atoms with Crippen molar-refractivity contribution in [3.05, 3.63) is 57.6 Å². The van der Waals surface area contributed by atoms with Gasteiger partial charge in [0.05, 0.1) is 12.6 Å². The van der Waals surface area contributed by atoms with Gasteiger partial charge < -0.3 is 10.1 Å². The summed E-state index contributed by atoms with van der Waals surface area (Å²) in [6, 6.07) is 13.0. The Hall–Kier alpha value is -1.48. The summed E-state index contributed by atoms with van der Waals surface area (Å²) >= 11 is 3.52. The van der Waals surface area contributed by atoms with Crippen LogP contribution < -0.4 is 10.1 Å². The van der Waals surface area contributed by atoms with Crippen molar-refractivity contribution in [2.75, 3.05) is 11.9 Å². The summed E-state index contributed by atoms with van der Waals surface area (Å²) in [5.74, 6) is 0.990. The van der Waals surface area contributed by atoms with Gasteiger partial charge in [-0.25, -0.2) is 0 Å². The average Bonchev–Trinajstić information content (AvgIpc) is 2.66. The average molecular weight is 346 g/mol. The molecule has 0 radical (unpaired) electrons. The lowest BCUT2D eigenvalue weighted by Crippen LogP contribution is -2.11. The van der Waals surface area contributed by atoms with Crippen molar-refractivity contribution < 1.29 is 4.74 Å². The molecule has 0 aliphatic carbocycles. The highest BCUT2D eigenvalue weighted by Crippen LogP contribution is 2.36.